The summed E-state index contributed by atoms with van der Waals surface area (Å²) in [6.45, 7) is 2.42. The van der Waals surface area contributed by atoms with E-state index in [-0.39, 0.29) is 5.91 Å². The molecule has 0 aliphatic heterocycles. The number of anilines is 1. The molecule has 1 fully saturated rings. The summed E-state index contributed by atoms with van der Waals surface area (Å²) >= 11 is 1.39. The zero-order valence-corrected chi connectivity index (χ0v) is 12.0. The predicted molar refractivity (Wildman–Crippen MR) is 78.9 cm³/mol. The summed E-state index contributed by atoms with van der Waals surface area (Å²) in [5, 5.41) is 6.99. The Morgan fingerprint density at radius 1 is 1.45 bits per heavy atom. The van der Waals surface area contributed by atoms with Gasteiger partial charge in [0.1, 0.15) is 4.88 Å². The number of pyridine rings is 1. The molecule has 1 saturated carbocycles. The van der Waals surface area contributed by atoms with Gasteiger partial charge in [-0.2, -0.15) is 0 Å². The number of carbonyl (C=O) groups is 1. The minimum absolute atomic E-state index is 0.101. The normalized spacial score (nSPS) is 14.1. The standard InChI is InChI=1S/C14H16N4OS/c1-9-3-2-6-15-11(9)7-16-13(19)12-8-17-14(20-12)18-10-4-5-10/h2-3,6,8,10H,4-5,7H2,1H3,(H,16,19)(H,17,18). The minimum Gasteiger partial charge on any atom is -0.359 e. The first-order valence-electron chi connectivity index (χ1n) is 6.63. The van der Waals surface area contributed by atoms with Crippen LogP contribution in [0.2, 0.25) is 0 Å². The first-order valence-corrected chi connectivity index (χ1v) is 7.45. The van der Waals surface area contributed by atoms with Crippen LogP contribution in [0.1, 0.15) is 33.8 Å². The van der Waals surface area contributed by atoms with Crippen molar-refractivity contribution < 1.29 is 4.79 Å². The van der Waals surface area contributed by atoms with Gasteiger partial charge in [-0.25, -0.2) is 4.98 Å². The molecule has 6 heteroatoms. The van der Waals surface area contributed by atoms with Crippen LogP contribution in [-0.2, 0) is 6.54 Å². The third-order valence-corrected chi connectivity index (χ3v) is 4.10. The average molecular weight is 288 g/mol. The van der Waals surface area contributed by atoms with E-state index in [9.17, 15) is 4.79 Å². The zero-order valence-electron chi connectivity index (χ0n) is 11.2. The van der Waals surface area contributed by atoms with E-state index in [1.54, 1.807) is 12.4 Å². The Labute approximate surface area is 121 Å². The highest BCUT2D eigenvalue weighted by Gasteiger charge is 2.22. The molecule has 1 aliphatic rings. The first kappa shape index (κ1) is 13.1. The lowest BCUT2D eigenvalue weighted by Gasteiger charge is -2.05. The molecule has 104 valence electrons. The Morgan fingerprint density at radius 2 is 2.30 bits per heavy atom. The van der Waals surface area contributed by atoms with Crippen molar-refractivity contribution >= 4 is 22.4 Å². The van der Waals surface area contributed by atoms with Gasteiger partial charge in [0, 0.05) is 12.2 Å². The third kappa shape index (κ3) is 3.14. The van der Waals surface area contributed by atoms with E-state index in [2.05, 4.69) is 20.6 Å². The molecule has 0 spiro atoms. The SMILES string of the molecule is Cc1cccnc1CNC(=O)c1cnc(NC2CC2)s1. The maximum absolute atomic E-state index is 12.0. The van der Waals surface area contributed by atoms with Crippen LogP contribution in [0.5, 0.6) is 0 Å². The van der Waals surface area contributed by atoms with E-state index in [1.165, 1.54) is 24.2 Å². The molecule has 3 rings (SSSR count). The monoisotopic (exact) mass is 288 g/mol. The molecule has 0 atom stereocenters. The van der Waals surface area contributed by atoms with E-state index >= 15 is 0 Å². The van der Waals surface area contributed by atoms with Gasteiger partial charge < -0.3 is 10.6 Å². The highest BCUT2D eigenvalue weighted by molar-refractivity contribution is 7.17. The van der Waals surface area contributed by atoms with Crippen molar-refractivity contribution in [3.8, 4) is 0 Å². The van der Waals surface area contributed by atoms with Crippen LogP contribution >= 0.6 is 11.3 Å². The number of aromatic nitrogens is 2. The van der Waals surface area contributed by atoms with Gasteiger partial charge in [-0.05, 0) is 31.4 Å². The number of hydrogen-bond acceptors (Lipinski definition) is 5. The fraction of sp³-hybridized carbons (Fsp3) is 0.357. The molecule has 1 aliphatic carbocycles. The van der Waals surface area contributed by atoms with Crippen molar-refractivity contribution in [1.82, 2.24) is 15.3 Å². The Morgan fingerprint density at radius 3 is 3.05 bits per heavy atom. The van der Waals surface area contributed by atoms with Crippen molar-refractivity contribution in [2.45, 2.75) is 32.4 Å². The smallest absolute Gasteiger partial charge is 0.263 e. The quantitative estimate of drug-likeness (QED) is 0.886. The summed E-state index contributed by atoms with van der Waals surface area (Å²) in [5.41, 5.74) is 1.97. The van der Waals surface area contributed by atoms with Gasteiger partial charge in [-0.3, -0.25) is 9.78 Å². The Hall–Kier alpha value is -1.95. The van der Waals surface area contributed by atoms with Crippen molar-refractivity contribution in [3.63, 3.8) is 0 Å². The molecule has 0 unspecified atom stereocenters. The van der Waals surface area contributed by atoms with E-state index < -0.39 is 0 Å². The number of nitrogens with zero attached hydrogens (tertiary/aromatic N) is 2. The maximum atomic E-state index is 12.0. The molecule has 2 heterocycles. The van der Waals surface area contributed by atoms with E-state index in [0.29, 0.717) is 17.5 Å². The summed E-state index contributed by atoms with van der Waals surface area (Å²) in [6.07, 6.45) is 5.75. The van der Waals surface area contributed by atoms with Crippen molar-refractivity contribution in [3.05, 3.63) is 40.7 Å². The second-order valence-corrected chi connectivity index (χ2v) is 5.93. The first-order chi connectivity index (χ1) is 9.72. The molecule has 1 amide bonds. The fourth-order valence-electron chi connectivity index (χ4n) is 1.80. The van der Waals surface area contributed by atoms with Crippen LogP contribution in [0, 0.1) is 6.92 Å². The van der Waals surface area contributed by atoms with Crippen molar-refractivity contribution in [1.29, 1.82) is 0 Å². The van der Waals surface area contributed by atoms with Crippen LogP contribution in [0.4, 0.5) is 5.13 Å². The lowest BCUT2D eigenvalue weighted by Crippen LogP contribution is -2.22. The maximum Gasteiger partial charge on any atom is 0.263 e. The number of hydrogen-bond donors (Lipinski definition) is 2. The summed E-state index contributed by atoms with van der Waals surface area (Å²) < 4.78 is 0. The van der Waals surface area contributed by atoms with Gasteiger partial charge >= 0.3 is 0 Å². The fourth-order valence-corrected chi connectivity index (χ4v) is 2.61. The summed E-state index contributed by atoms with van der Waals surface area (Å²) in [7, 11) is 0. The molecule has 0 bridgehead atoms. The topological polar surface area (TPSA) is 66.9 Å². The number of carbonyl (C=O) groups excluding carboxylic acids is 1. The van der Waals surface area contributed by atoms with E-state index in [0.717, 1.165) is 16.4 Å². The molecule has 0 saturated heterocycles. The molecular formula is C14H16N4OS. The Kier molecular flexibility index (Phi) is 3.64. The molecule has 20 heavy (non-hydrogen) atoms. The molecule has 5 nitrogen and oxygen atoms in total. The number of aryl methyl sites for hydroxylation is 1. The van der Waals surface area contributed by atoms with E-state index in [4.69, 9.17) is 0 Å². The highest BCUT2D eigenvalue weighted by atomic mass is 32.1. The average Bonchev–Trinajstić information content (AvgIpc) is 3.13. The number of rotatable bonds is 5. The molecule has 2 aromatic rings. The molecule has 0 radical (unpaired) electrons. The predicted octanol–water partition coefficient (Wildman–Crippen LogP) is 2.35. The highest BCUT2D eigenvalue weighted by Crippen LogP contribution is 2.27. The second kappa shape index (κ2) is 5.58. The van der Waals surface area contributed by atoms with Crippen LogP contribution in [-0.4, -0.2) is 21.9 Å². The number of amides is 1. The zero-order chi connectivity index (χ0) is 13.9. The summed E-state index contributed by atoms with van der Waals surface area (Å²) in [4.78, 5) is 21.2. The lowest BCUT2D eigenvalue weighted by molar-refractivity contribution is 0.0954. The third-order valence-electron chi connectivity index (χ3n) is 3.17. The lowest BCUT2D eigenvalue weighted by atomic mass is 10.2. The van der Waals surface area contributed by atoms with Crippen LogP contribution in [0.25, 0.3) is 0 Å². The largest absolute Gasteiger partial charge is 0.359 e. The van der Waals surface area contributed by atoms with Crippen molar-refractivity contribution in [2.75, 3.05) is 5.32 Å². The van der Waals surface area contributed by atoms with Gasteiger partial charge in [-0.15, -0.1) is 0 Å². The van der Waals surface area contributed by atoms with Crippen molar-refractivity contribution in [2.24, 2.45) is 0 Å². The van der Waals surface area contributed by atoms with Crippen LogP contribution < -0.4 is 10.6 Å². The molecule has 2 N–H and O–H groups in total. The number of thiazole rings is 1. The van der Waals surface area contributed by atoms with E-state index in [1.807, 2.05) is 19.1 Å². The van der Waals surface area contributed by atoms with Gasteiger partial charge in [0.15, 0.2) is 5.13 Å². The summed E-state index contributed by atoms with van der Waals surface area (Å²) in [6, 6.07) is 4.42. The molecular weight excluding hydrogens is 272 g/mol. The van der Waals surface area contributed by atoms with Crippen LogP contribution in [0.15, 0.2) is 24.5 Å². The molecule has 2 aromatic heterocycles. The van der Waals surface area contributed by atoms with Gasteiger partial charge in [-0.1, -0.05) is 17.4 Å². The Balaban J connectivity index is 1.58. The molecule has 0 aromatic carbocycles. The minimum atomic E-state index is -0.101. The van der Waals surface area contributed by atoms with Gasteiger partial charge in [0.25, 0.3) is 5.91 Å². The summed E-state index contributed by atoms with van der Waals surface area (Å²) in [5.74, 6) is -0.101. The van der Waals surface area contributed by atoms with Crippen LogP contribution in [0.3, 0.4) is 0 Å². The second-order valence-electron chi connectivity index (χ2n) is 4.90. The Bertz CT molecular complexity index is 621. The number of nitrogens with one attached hydrogen (secondary N) is 2. The van der Waals surface area contributed by atoms with Gasteiger partial charge in [0.05, 0.1) is 18.4 Å². The van der Waals surface area contributed by atoms with Gasteiger partial charge in [0.2, 0.25) is 0 Å².